The summed E-state index contributed by atoms with van der Waals surface area (Å²) in [5.41, 5.74) is -1.08. The third-order valence-electron chi connectivity index (χ3n) is 5.15. The third-order valence-corrected chi connectivity index (χ3v) is 9.70. The fourth-order valence-corrected chi connectivity index (χ4v) is 8.75. The minimum absolute atomic E-state index is 0.0785. The summed E-state index contributed by atoms with van der Waals surface area (Å²) in [5, 5.41) is 9.62. The van der Waals surface area contributed by atoms with E-state index in [1.54, 1.807) is 27.7 Å². The second-order valence-corrected chi connectivity index (χ2v) is 12.2. The van der Waals surface area contributed by atoms with Gasteiger partial charge in [0.1, 0.15) is 5.37 Å². The maximum atomic E-state index is 12.8. The predicted molar refractivity (Wildman–Crippen MR) is 117 cm³/mol. The summed E-state index contributed by atoms with van der Waals surface area (Å²) in [6, 6.07) is 0. The molecule has 9 nitrogen and oxygen atoms in total. The Kier molecular flexibility index (Phi) is 7.78. The zero-order valence-electron chi connectivity index (χ0n) is 17.8. The molecule has 0 saturated carbocycles. The van der Waals surface area contributed by atoms with Crippen molar-refractivity contribution in [1.29, 1.82) is 0 Å². The van der Waals surface area contributed by atoms with Crippen LogP contribution in [0.1, 0.15) is 34.1 Å². The largest absolute Gasteiger partial charge is 0.426 e. The van der Waals surface area contributed by atoms with Gasteiger partial charge >= 0.3 is 11.9 Å². The fourth-order valence-electron chi connectivity index (χ4n) is 3.50. The number of aliphatic hydroxyl groups excluding tert-OH is 1. The molecular weight excluding hydrogens is 466 g/mol. The summed E-state index contributed by atoms with van der Waals surface area (Å²) in [6.07, 6.45) is -0.0877. The fraction of sp³-hybridized carbons (Fsp3) is 0.737. The molecule has 31 heavy (non-hydrogen) atoms. The second-order valence-electron chi connectivity index (χ2n) is 7.88. The van der Waals surface area contributed by atoms with Crippen LogP contribution in [0.2, 0.25) is 0 Å². The number of hydrogen-bond acceptors (Lipinski definition) is 10. The Hall–Kier alpha value is -1.08. The van der Waals surface area contributed by atoms with Gasteiger partial charge in [0.2, 0.25) is 12.7 Å². The Balaban J connectivity index is 1.69. The lowest BCUT2D eigenvalue weighted by Gasteiger charge is -2.43. The number of thioether (sulfide) groups is 2. The molecule has 0 aromatic heterocycles. The van der Waals surface area contributed by atoms with Crippen LogP contribution < -0.4 is 0 Å². The molecule has 3 heterocycles. The lowest BCUT2D eigenvalue weighted by Crippen LogP contribution is -2.60. The first kappa shape index (κ1) is 24.6. The zero-order chi connectivity index (χ0) is 22.9. The summed E-state index contributed by atoms with van der Waals surface area (Å²) < 4.78 is 27.8. The van der Waals surface area contributed by atoms with Crippen LogP contribution >= 0.6 is 23.5 Å². The Morgan fingerprint density at radius 3 is 2.68 bits per heavy atom. The van der Waals surface area contributed by atoms with Crippen molar-refractivity contribution in [1.82, 2.24) is 4.90 Å². The number of amides is 1. The van der Waals surface area contributed by atoms with Gasteiger partial charge in [0.25, 0.3) is 0 Å². The van der Waals surface area contributed by atoms with Gasteiger partial charge in [0.05, 0.1) is 16.3 Å². The van der Waals surface area contributed by atoms with Crippen LogP contribution in [0.15, 0.2) is 9.93 Å². The van der Waals surface area contributed by atoms with Crippen LogP contribution in [0.3, 0.4) is 0 Å². The Bertz CT molecular complexity index is 812. The van der Waals surface area contributed by atoms with E-state index in [2.05, 4.69) is 0 Å². The number of hydrogen-bond donors (Lipinski definition) is 1. The van der Waals surface area contributed by atoms with Crippen molar-refractivity contribution < 1.29 is 37.9 Å². The van der Waals surface area contributed by atoms with E-state index in [0.717, 1.165) is 6.42 Å². The highest BCUT2D eigenvalue weighted by Crippen LogP contribution is 2.55. The quantitative estimate of drug-likeness (QED) is 0.285. The molecule has 174 valence electrons. The molecule has 1 amide bonds. The number of carbonyl (C=O) groups is 3. The number of aliphatic hydroxyl groups is 1. The van der Waals surface area contributed by atoms with Crippen molar-refractivity contribution in [3.05, 3.63) is 9.93 Å². The van der Waals surface area contributed by atoms with Crippen molar-refractivity contribution in [2.45, 2.75) is 56.4 Å². The van der Waals surface area contributed by atoms with Gasteiger partial charge < -0.3 is 19.3 Å². The SMILES string of the molecule is CCOC(C)(C)C(=O)OCOC(=O)C1=C(S[C@H]2CC[S@](=O)C2)S[C@@H]2[C@@H]([C@@H](C)O)C(=O)N12. The van der Waals surface area contributed by atoms with Gasteiger partial charge in [-0.2, -0.15) is 0 Å². The molecule has 0 spiro atoms. The predicted octanol–water partition coefficient (Wildman–Crippen LogP) is 1.18. The van der Waals surface area contributed by atoms with Crippen molar-refractivity contribution in [2.75, 3.05) is 24.9 Å². The first-order valence-corrected chi connectivity index (χ1v) is 13.2. The minimum atomic E-state index is -1.17. The molecule has 2 fully saturated rings. The lowest BCUT2D eigenvalue weighted by atomic mass is 9.92. The lowest BCUT2D eigenvalue weighted by molar-refractivity contribution is -0.183. The molecule has 3 aliphatic rings. The zero-order valence-corrected chi connectivity index (χ0v) is 20.3. The van der Waals surface area contributed by atoms with Crippen molar-refractivity contribution in [2.24, 2.45) is 5.92 Å². The summed E-state index contributed by atoms with van der Waals surface area (Å²) in [5.74, 6) is -1.26. The van der Waals surface area contributed by atoms with Crippen molar-refractivity contribution in [3.63, 3.8) is 0 Å². The molecule has 0 radical (unpaired) electrons. The number of esters is 2. The Morgan fingerprint density at radius 1 is 1.39 bits per heavy atom. The monoisotopic (exact) mass is 493 g/mol. The molecule has 0 aromatic carbocycles. The molecule has 0 unspecified atom stereocenters. The Morgan fingerprint density at radius 2 is 2.10 bits per heavy atom. The number of β-lactam (4-membered cyclic amide) rings is 1. The summed E-state index contributed by atoms with van der Waals surface area (Å²) in [7, 11) is -0.877. The topological polar surface area (TPSA) is 119 Å². The molecule has 2 saturated heterocycles. The van der Waals surface area contributed by atoms with Crippen molar-refractivity contribution >= 4 is 52.2 Å². The Labute approximate surface area is 192 Å². The average molecular weight is 494 g/mol. The molecule has 0 bridgehead atoms. The number of nitrogens with zero attached hydrogens (tertiary/aromatic N) is 1. The second kappa shape index (κ2) is 9.82. The molecule has 5 atom stereocenters. The summed E-state index contributed by atoms with van der Waals surface area (Å²) >= 11 is 2.75. The van der Waals surface area contributed by atoms with E-state index in [-0.39, 0.29) is 22.2 Å². The van der Waals surface area contributed by atoms with Crippen LogP contribution in [0, 0.1) is 5.92 Å². The van der Waals surface area contributed by atoms with Gasteiger partial charge in [-0.3, -0.25) is 13.9 Å². The molecule has 0 aliphatic carbocycles. The normalized spacial score (nSPS) is 28.9. The van der Waals surface area contributed by atoms with Gasteiger partial charge in [-0.15, -0.1) is 11.8 Å². The highest BCUT2D eigenvalue weighted by atomic mass is 32.2. The van der Waals surface area contributed by atoms with Crippen LogP contribution in [0.4, 0.5) is 0 Å². The molecule has 12 heteroatoms. The van der Waals surface area contributed by atoms with Gasteiger partial charge in [0, 0.05) is 34.2 Å². The highest BCUT2D eigenvalue weighted by Gasteiger charge is 2.58. The van der Waals surface area contributed by atoms with Crippen LogP contribution in [0.25, 0.3) is 0 Å². The van der Waals surface area contributed by atoms with E-state index in [9.17, 15) is 23.7 Å². The van der Waals surface area contributed by atoms with Gasteiger partial charge in [0.15, 0.2) is 11.3 Å². The van der Waals surface area contributed by atoms with Gasteiger partial charge in [-0.25, -0.2) is 9.59 Å². The number of fused-ring (bicyclic) bond motifs is 1. The number of carbonyl (C=O) groups excluding carboxylic acids is 3. The number of ether oxygens (including phenoxy) is 3. The van der Waals surface area contributed by atoms with Gasteiger partial charge in [-0.1, -0.05) is 11.8 Å². The van der Waals surface area contributed by atoms with E-state index < -0.39 is 47.2 Å². The molecular formula is C19H27NO8S3. The van der Waals surface area contributed by atoms with E-state index in [0.29, 0.717) is 22.3 Å². The standard InChI is InChI=1S/C19H27NO8S3/c1-5-28-19(3,4)18(24)27-9-26-16(23)13-17(29-11-6-7-31(25)8-11)30-15-12(10(2)21)14(22)20(13)15/h10-12,15,21H,5-9H2,1-4H3/t10-,11+,12+,15-,31+/m1/s1. The van der Waals surface area contributed by atoms with E-state index >= 15 is 0 Å². The highest BCUT2D eigenvalue weighted by molar-refractivity contribution is 8.23. The van der Waals surface area contributed by atoms with E-state index in [4.69, 9.17) is 14.2 Å². The molecule has 0 aromatic rings. The van der Waals surface area contributed by atoms with Gasteiger partial charge in [-0.05, 0) is 34.1 Å². The smallest absolute Gasteiger partial charge is 0.359 e. The maximum Gasteiger partial charge on any atom is 0.359 e. The first-order chi connectivity index (χ1) is 14.6. The van der Waals surface area contributed by atoms with E-state index in [1.165, 1.54) is 28.4 Å². The molecule has 1 N–H and O–H groups in total. The van der Waals surface area contributed by atoms with Crippen LogP contribution in [-0.2, 0) is 39.4 Å². The first-order valence-electron chi connectivity index (χ1n) is 9.98. The minimum Gasteiger partial charge on any atom is -0.426 e. The van der Waals surface area contributed by atoms with Crippen molar-refractivity contribution in [3.8, 4) is 0 Å². The van der Waals surface area contributed by atoms with E-state index in [1.807, 2.05) is 0 Å². The summed E-state index contributed by atoms with van der Waals surface area (Å²) in [4.78, 5) is 38.8. The molecule has 3 aliphatic heterocycles. The average Bonchev–Trinajstić information content (AvgIpc) is 3.22. The summed E-state index contributed by atoms with van der Waals surface area (Å²) in [6.45, 7) is 6.11. The maximum absolute atomic E-state index is 12.8. The number of rotatable bonds is 9. The van der Waals surface area contributed by atoms with Crippen LogP contribution in [-0.4, -0.2) is 79.3 Å². The molecule has 3 rings (SSSR count). The third kappa shape index (κ3) is 5.13. The van der Waals surface area contributed by atoms with Crippen LogP contribution in [0.5, 0.6) is 0 Å².